The molecule has 0 fully saturated rings. The van der Waals surface area contributed by atoms with E-state index in [1.807, 2.05) is 6.92 Å². The molecule has 0 aliphatic rings. The van der Waals surface area contributed by atoms with Crippen molar-refractivity contribution >= 4 is 11.9 Å². The van der Waals surface area contributed by atoms with E-state index in [9.17, 15) is 9.59 Å². The summed E-state index contributed by atoms with van der Waals surface area (Å²) in [6, 6.07) is 4.67. The average molecular weight is 281 g/mol. The Morgan fingerprint density at radius 3 is 2.55 bits per heavy atom. The monoisotopic (exact) mass is 281 g/mol. The second kappa shape index (κ2) is 7.37. The molecule has 2 N–H and O–H groups in total. The molecular formula is C14H19NO5. The maximum Gasteiger partial charge on any atom is 0.339 e. The van der Waals surface area contributed by atoms with Crippen molar-refractivity contribution in [2.24, 2.45) is 5.73 Å². The molecule has 0 aliphatic heterocycles. The number of amides is 1. The maximum absolute atomic E-state index is 11.8. The first kappa shape index (κ1) is 15.8. The third-order valence-electron chi connectivity index (χ3n) is 2.55. The molecule has 0 radical (unpaired) electrons. The number of hydrogen-bond donors (Lipinski definition) is 1. The number of hydrogen-bond acceptors (Lipinski definition) is 5. The molecule has 6 heteroatoms. The summed E-state index contributed by atoms with van der Waals surface area (Å²) in [5, 5.41) is 0. The summed E-state index contributed by atoms with van der Waals surface area (Å²) in [6.45, 7) is 3.96. The number of primary amides is 1. The van der Waals surface area contributed by atoms with E-state index in [0.717, 1.165) is 6.42 Å². The zero-order valence-electron chi connectivity index (χ0n) is 11.8. The van der Waals surface area contributed by atoms with E-state index in [1.165, 1.54) is 20.1 Å². The van der Waals surface area contributed by atoms with Gasteiger partial charge in [0.1, 0.15) is 0 Å². The van der Waals surface area contributed by atoms with Crippen LogP contribution in [0.15, 0.2) is 18.2 Å². The van der Waals surface area contributed by atoms with Gasteiger partial charge in [-0.1, -0.05) is 6.92 Å². The van der Waals surface area contributed by atoms with Crippen molar-refractivity contribution in [2.45, 2.75) is 26.4 Å². The van der Waals surface area contributed by atoms with E-state index in [1.54, 1.807) is 12.1 Å². The summed E-state index contributed by atoms with van der Waals surface area (Å²) in [5.41, 5.74) is 5.30. The van der Waals surface area contributed by atoms with Crippen LogP contribution in [0.25, 0.3) is 0 Å². The Morgan fingerprint density at radius 2 is 2.00 bits per heavy atom. The van der Waals surface area contributed by atoms with Crippen LogP contribution in [0.1, 0.15) is 30.6 Å². The summed E-state index contributed by atoms with van der Waals surface area (Å²) < 4.78 is 15.5. The molecule has 0 aliphatic carbocycles. The van der Waals surface area contributed by atoms with Gasteiger partial charge in [0.25, 0.3) is 5.91 Å². The van der Waals surface area contributed by atoms with Gasteiger partial charge in [-0.15, -0.1) is 0 Å². The van der Waals surface area contributed by atoms with Crippen molar-refractivity contribution in [1.29, 1.82) is 0 Å². The largest absolute Gasteiger partial charge is 0.493 e. The smallest absolute Gasteiger partial charge is 0.339 e. The van der Waals surface area contributed by atoms with Crippen LogP contribution in [0.5, 0.6) is 11.5 Å². The minimum absolute atomic E-state index is 0.263. The first-order chi connectivity index (χ1) is 9.49. The highest BCUT2D eigenvalue weighted by atomic mass is 16.5. The van der Waals surface area contributed by atoms with Gasteiger partial charge >= 0.3 is 5.97 Å². The van der Waals surface area contributed by atoms with Crippen LogP contribution < -0.4 is 15.2 Å². The van der Waals surface area contributed by atoms with E-state index in [0.29, 0.717) is 18.1 Å². The number of carbonyl (C=O) groups is 2. The maximum atomic E-state index is 11.8. The SMILES string of the molecule is CCCOc1ccc(C(=O)O[C@H](C)C(N)=O)cc1OC. The van der Waals surface area contributed by atoms with Crippen molar-refractivity contribution in [2.75, 3.05) is 13.7 Å². The zero-order valence-corrected chi connectivity index (χ0v) is 11.8. The van der Waals surface area contributed by atoms with Gasteiger partial charge in [0.15, 0.2) is 17.6 Å². The highest BCUT2D eigenvalue weighted by molar-refractivity contribution is 5.92. The lowest BCUT2D eigenvalue weighted by Gasteiger charge is -2.13. The highest BCUT2D eigenvalue weighted by Crippen LogP contribution is 2.28. The molecule has 1 aromatic rings. The van der Waals surface area contributed by atoms with Gasteiger partial charge in [0.05, 0.1) is 19.3 Å². The quantitative estimate of drug-likeness (QED) is 0.765. The van der Waals surface area contributed by atoms with Gasteiger partial charge in [0, 0.05) is 0 Å². The van der Waals surface area contributed by atoms with Crippen LogP contribution >= 0.6 is 0 Å². The van der Waals surface area contributed by atoms with Crippen LogP contribution in [0, 0.1) is 0 Å². The average Bonchev–Trinajstić information content (AvgIpc) is 2.44. The third-order valence-corrected chi connectivity index (χ3v) is 2.55. The fraction of sp³-hybridized carbons (Fsp3) is 0.429. The molecule has 0 spiro atoms. The number of nitrogens with two attached hydrogens (primary N) is 1. The lowest BCUT2D eigenvalue weighted by molar-refractivity contribution is -0.125. The van der Waals surface area contributed by atoms with Crippen molar-refractivity contribution < 1.29 is 23.8 Å². The van der Waals surface area contributed by atoms with Crippen LogP contribution in [0.2, 0.25) is 0 Å². The van der Waals surface area contributed by atoms with E-state index in [4.69, 9.17) is 19.9 Å². The molecule has 0 bridgehead atoms. The molecule has 0 aromatic heterocycles. The van der Waals surface area contributed by atoms with Crippen LogP contribution in [-0.4, -0.2) is 31.7 Å². The molecule has 0 saturated carbocycles. The van der Waals surface area contributed by atoms with Gasteiger partial charge in [-0.05, 0) is 31.5 Å². The predicted octanol–water partition coefficient (Wildman–Crippen LogP) is 1.51. The number of esters is 1. The van der Waals surface area contributed by atoms with Crippen molar-refractivity contribution in [3.05, 3.63) is 23.8 Å². The minimum atomic E-state index is -0.982. The molecule has 6 nitrogen and oxygen atoms in total. The molecule has 1 aromatic carbocycles. The summed E-state index contributed by atoms with van der Waals surface area (Å²) in [5.74, 6) is -0.363. The topological polar surface area (TPSA) is 87.9 Å². The molecule has 0 unspecified atom stereocenters. The predicted molar refractivity (Wildman–Crippen MR) is 72.9 cm³/mol. The molecule has 1 rings (SSSR count). The Hall–Kier alpha value is -2.24. The van der Waals surface area contributed by atoms with E-state index in [2.05, 4.69) is 0 Å². The molecule has 1 amide bonds. The van der Waals surface area contributed by atoms with Gasteiger partial charge in [-0.25, -0.2) is 4.79 Å². The number of methoxy groups -OCH3 is 1. The fourth-order valence-corrected chi connectivity index (χ4v) is 1.41. The van der Waals surface area contributed by atoms with Crippen molar-refractivity contribution in [3.8, 4) is 11.5 Å². The van der Waals surface area contributed by atoms with Crippen LogP contribution in [0.4, 0.5) is 0 Å². The van der Waals surface area contributed by atoms with Crippen LogP contribution in [-0.2, 0) is 9.53 Å². The van der Waals surface area contributed by atoms with Crippen molar-refractivity contribution in [3.63, 3.8) is 0 Å². The van der Waals surface area contributed by atoms with Gasteiger partial charge in [-0.2, -0.15) is 0 Å². The normalized spacial score (nSPS) is 11.6. The lowest BCUT2D eigenvalue weighted by atomic mass is 10.2. The molecule has 0 heterocycles. The zero-order chi connectivity index (χ0) is 15.1. The first-order valence-electron chi connectivity index (χ1n) is 6.30. The molecule has 20 heavy (non-hydrogen) atoms. The third kappa shape index (κ3) is 4.15. The van der Waals surface area contributed by atoms with Crippen LogP contribution in [0.3, 0.4) is 0 Å². The molecular weight excluding hydrogens is 262 g/mol. The summed E-state index contributed by atoms with van der Waals surface area (Å²) in [6.07, 6.45) is -0.118. The van der Waals surface area contributed by atoms with E-state index < -0.39 is 18.0 Å². The Balaban J connectivity index is 2.86. The van der Waals surface area contributed by atoms with E-state index in [-0.39, 0.29) is 5.56 Å². The molecule has 110 valence electrons. The van der Waals surface area contributed by atoms with Crippen molar-refractivity contribution in [1.82, 2.24) is 0 Å². The second-order valence-corrected chi connectivity index (χ2v) is 4.16. The van der Waals surface area contributed by atoms with Gasteiger partial charge in [-0.3, -0.25) is 4.79 Å². The lowest BCUT2D eigenvalue weighted by Crippen LogP contribution is -2.30. The fourth-order valence-electron chi connectivity index (χ4n) is 1.41. The second-order valence-electron chi connectivity index (χ2n) is 4.16. The highest BCUT2D eigenvalue weighted by Gasteiger charge is 2.17. The summed E-state index contributed by atoms with van der Waals surface area (Å²) in [4.78, 5) is 22.7. The minimum Gasteiger partial charge on any atom is -0.493 e. The standard InChI is InChI=1S/C14H19NO5/c1-4-7-19-11-6-5-10(8-12(11)18-3)14(17)20-9(2)13(15)16/h5-6,8-9H,4,7H2,1-3H3,(H2,15,16)/t9-/m1/s1. The number of rotatable bonds is 7. The van der Waals surface area contributed by atoms with Gasteiger partial charge < -0.3 is 19.9 Å². The van der Waals surface area contributed by atoms with E-state index >= 15 is 0 Å². The number of benzene rings is 1. The first-order valence-corrected chi connectivity index (χ1v) is 6.30. The summed E-state index contributed by atoms with van der Waals surface area (Å²) in [7, 11) is 1.48. The Bertz CT molecular complexity index is 486. The Kier molecular flexibility index (Phi) is 5.83. The number of ether oxygens (including phenoxy) is 3. The molecule has 0 saturated heterocycles. The molecule has 1 atom stereocenters. The van der Waals surface area contributed by atoms with Gasteiger partial charge in [0.2, 0.25) is 0 Å². The summed E-state index contributed by atoms with van der Waals surface area (Å²) >= 11 is 0. The number of carbonyl (C=O) groups excluding carboxylic acids is 2. The Morgan fingerprint density at radius 1 is 1.30 bits per heavy atom. The Labute approximate surface area is 117 Å².